The molecule has 18 heavy (non-hydrogen) atoms. The molecule has 94 valence electrons. The van der Waals surface area contributed by atoms with Gasteiger partial charge >= 0.3 is 0 Å². The molecule has 4 heteroatoms. The Morgan fingerprint density at radius 2 is 2.17 bits per heavy atom. The van der Waals surface area contributed by atoms with E-state index in [2.05, 4.69) is 30.2 Å². The molecule has 0 spiro atoms. The van der Waals surface area contributed by atoms with Crippen molar-refractivity contribution in [3.8, 4) is 6.07 Å². The van der Waals surface area contributed by atoms with Gasteiger partial charge in [0, 0.05) is 18.5 Å². The van der Waals surface area contributed by atoms with Crippen LogP contribution in [-0.4, -0.2) is 27.8 Å². The standard InChI is InChI=1S/C14H18N4/c1-4-18-14-8-6-5-7-12(14)13(16-18)10-17(3)11(2)9-15/h5-8,11H,4,10H2,1-3H3. The number of aryl methyl sites for hydroxylation is 1. The number of nitriles is 1. The quantitative estimate of drug-likeness (QED) is 0.827. The zero-order chi connectivity index (χ0) is 13.1. The molecule has 1 aromatic carbocycles. The van der Waals surface area contributed by atoms with Gasteiger partial charge in [0.05, 0.1) is 23.3 Å². The van der Waals surface area contributed by atoms with Gasteiger partial charge in [-0.2, -0.15) is 10.4 Å². The molecule has 2 aromatic rings. The van der Waals surface area contributed by atoms with Crippen LogP contribution in [0.15, 0.2) is 24.3 Å². The number of benzene rings is 1. The molecular formula is C14H18N4. The first-order chi connectivity index (χ1) is 8.67. The lowest BCUT2D eigenvalue weighted by Crippen LogP contribution is -2.27. The molecular weight excluding hydrogens is 224 g/mol. The maximum absolute atomic E-state index is 8.93. The molecule has 0 radical (unpaired) electrons. The van der Waals surface area contributed by atoms with Gasteiger partial charge < -0.3 is 0 Å². The van der Waals surface area contributed by atoms with E-state index in [0.717, 1.165) is 17.8 Å². The van der Waals surface area contributed by atoms with Crippen LogP contribution in [0, 0.1) is 11.3 Å². The van der Waals surface area contributed by atoms with Crippen LogP contribution in [0.3, 0.4) is 0 Å². The van der Waals surface area contributed by atoms with E-state index < -0.39 is 0 Å². The predicted molar refractivity (Wildman–Crippen MR) is 71.9 cm³/mol. The van der Waals surface area contributed by atoms with Crippen molar-refractivity contribution < 1.29 is 0 Å². The van der Waals surface area contributed by atoms with E-state index in [1.807, 2.05) is 35.7 Å². The minimum absolute atomic E-state index is 0.101. The maximum Gasteiger partial charge on any atom is 0.0950 e. The Morgan fingerprint density at radius 3 is 2.83 bits per heavy atom. The second-order valence-electron chi connectivity index (χ2n) is 4.50. The molecule has 0 fully saturated rings. The van der Waals surface area contributed by atoms with E-state index >= 15 is 0 Å². The summed E-state index contributed by atoms with van der Waals surface area (Å²) in [5.74, 6) is 0. The van der Waals surface area contributed by atoms with Crippen molar-refractivity contribution in [2.45, 2.75) is 33.0 Å². The van der Waals surface area contributed by atoms with Crippen LogP contribution >= 0.6 is 0 Å². The monoisotopic (exact) mass is 242 g/mol. The van der Waals surface area contributed by atoms with Crippen molar-refractivity contribution in [2.75, 3.05) is 7.05 Å². The molecule has 1 atom stereocenters. The second kappa shape index (κ2) is 5.19. The average Bonchev–Trinajstić information content (AvgIpc) is 2.76. The minimum Gasteiger partial charge on any atom is -0.285 e. The smallest absolute Gasteiger partial charge is 0.0950 e. The van der Waals surface area contributed by atoms with Crippen molar-refractivity contribution in [1.82, 2.24) is 14.7 Å². The summed E-state index contributed by atoms with van der Waals surface area (Å²) >= 11 is 0. The predicted octanol–water partition coefficient (Wildman–Crippen LogP) is 2.40. The maximum atomic E-state index is 8.93. The van der Waals surface area contributed by atoms with Crippen molar-refractivity contribution >= 4 is 10.9 Å². The fourth-order valence-electron chi connectivity index (χ4n) is 2.03. The number of fused-ring (bicyclic) bond motifs is 1. The fraction of sp³-hybridized carbons (Fsp3) is 0.429. The van der Waals surface area contributed by atoms with Gasteiger partial charge in [-0.05, 0) is 27.0 Å². The van der Waals surface area contributed by atoms with Gasteiger partial charge in [-0.25, -0.2) is 0 Å². The van der Waals surface area contributed by atoms with Gasteiger partial charge in [0.2, 0.25) is 0 Å². The molecule has 0 aliphatic carbocycles. The summed E-state index contributed by atoms with van der Waals surface area (Å²) in [6, 6.07) is 10.4. The Labute approximate surface area is 107 Å². The minimum atomic E-state index is -0.101. The van der Waals surface area contributed by atoms with Gasteiger partial charge in [-0.1, -0.05) is 18.2 Å². The molecule has 0 amide bonds. The molecule has 0 saturated heterocycles. The summed E-state index contributed by atoms with van der Waals surface area (Å²) in [6.45, 7) is 5.55. The van der Waals surface area contributed by atoms with Crippen LogP contribution in [0.4, 0.5) is 0 Å². The SMILES string of the molecule is CCn1nc(CN(C)C(C)C#N)c2ccccc21. The summed E-state index contributed by atoms with van der Waals surface area (Å²) in [7, 11) is 1.95. The average molecular weight is 242 g/mol. The molecule has 1 heterocycles. The summed E-state index contributed by atoms with van der Waals surface area (Å²) in [5, 5.41) is 14.7. The number of aromatic nitrogens is 2. The Morgan fingerprint density at radius 1 is 1.44 bits per heavy atom. The van der Waals surface area contributed by atoms with Gasteiger partial charge in [-0.3, -0.25) is 9.58 Å². The molecule has 4 nitrogen and oxygen atoms in total. The van der Waals surface area contributed by atoms with Crippen LogP contribution in [0.25, 0.3) is 10.9 Å². The Kier molecular flexibility index (Phi) is 3.63. The van der Waals surface area contributed by atoms with E-state index in [1.54, 1.807) is 0 Å². The highest BCUT2D eigenvalue weighted by molar-refractivity contribution is 5.81. The fourth-order valence-corrected chi connectivity index (χ4v) is 2.03. The van der Waals surface area contributed by atoms with Gasteiger partial charge in [-0.15, -0.1) is 0 Å². The van der Waals surface area contributed by atoms with E-state index in [-0.39, 0.29) is 6.04 Å². The Bertz CT molecular complexity index is 579. The van der Waals surface area contributed by atoms with Gasteiger partial charge in [0.15, 0.2) is 0 Å². The molecule has 1 aromatic heterocycles. The molecule has 2 rings (SSSR count). The molecule has 0 aliphatic rings. The van der Waals surface area contributed by atoms with Crippen molar-refractivity contribution in [1.29, 1.82) is 5.26 Å². The summed E-state index contributed by atoms with van der Waals surface area (Å²) < 4.78 is 2.01. The molecule has 0 N–H and O–H groups in total. The van der Waals surface area contributed by atoms with Crippen LogP contribution in [0.1, 0.15) is 19.5 Å². The second-order valence-corrected chi connectivity index (χ2v) is 4.50. The Balaban J connectivity index is 2.37. The third kappa shape index (κ3) is 2.22. The topological polar surface area (TPSA) is 44.9 Å². The first-order valence-corrected chi connectivity index (χ1v) is 6.21. The molecule has 0 aliphatic heterocycles. The van der Waals surface area contributed by atoms with E-state index in [9.17, 15) is 0 Å². The van der Waals surface area contributed by atoms with Gasteiger partial charge in [0.25, 0.3) is 0 Å². The van der Waals surface area contributed by atoms with Crippen molar-refractivity contribution in [3.05, 3.63) is 30.0 Å². The Hall–Kier alpha value is -1.86. The number of para-hydroxylation sites is 1. The van der Waals surface area contributed by atoms with E-state index in [1.165, 1.54) is 5.39 Å². The third-order valence-corrected chi connectivity index (χ3v) is 3.28. The van der Waals surface area contributed by atoms with Crippen LogP contribution in [-0.2, 0) is 13.1 Å². The number of hydrogen-bond donors (Lipinski definition) is 0. The lowest BCUT2D eigenvalue weighted by atomic mass is 10.2. The number of rotatable bonds is 4. The van der Waals surface area contributed by atoms with Crippen molar-refractivity contribution in [3.63, 3.8) is 0 Å². The molecule has 1 unspecified atom stereocenters. The summed E-state index contributed by atoms with van der Waals surface area (Å²) in [5.41, 5.74) is 2.20. The zero-order valence-electron chi connectivity index (χ0n) is 11.1. The molecule has 0 bridgehead atoms. The van der Waals surface area contributed by atoms with E-state index in [0.29, 0.717) is 6.54 Å². The summed E-state index contributed by atoms with van der Waals surface area (Å²) in [4.78, 5) is 2.01. The van der Waals surface area contributed by atoms with Gasteiger partial charge in [0.1, 0.15) is 0 Å². The normalized spacial score (nSPS) is 12.8. The lowest BCUT2D eigenvalue weighted by Gasteiger charge is -2.17. The highest BCUT2D eigenvalue weighted by Crippen LogP contribution is 2.19. The summed E-state index contributed by atoms with van der Waals surface area (Å²) in [6.07, 6.45) is 0. The zero-order valence-corrected chi connectivity index (χ0v) is 11.1. The van der Waals surface area contributed by atoms with Crippen LogP contribution in [0.2, 0.25) is 0 Å². The number of nitrogens with zero attached hydrogens (tertiary/aromatic N) is 4. The van der Waals surface area contributed by atoms with Crippen LogP contribution < -0.4 is 0 Å². The highest BCUT2D eigenvalue weighted by atomic mass is 15.3. The largest absolute Gasteiger partial charge is 0.285 e. The first kappa shape index (κ1) is 12.6. The highest BCUT2D eigenvalue weighted by Gasteiger charge is 2.14. The molecule has 0 saturated carbocycles. The number of hydrogen-bond acceptors (Lipinski definition) is 3. The first-order valence-electron chi connectivity index (χ1n) is 6.21. The van der Waals surface area contributed by atoms with E-state index in [4.69, 9.17) is 5.26 Å². The van der Waals surface area contributed by atoms with Crippen LogP contribution in [0.5, 0.6) is 0 Å². The third-order valence-electron chi connectivity index (χ3n) is 3.28. The van der Waals surface area contributed by atoms with Crippen molar-refractivity contribution in [2.24, 2.45) is 0 Å². The lowest BCUT2D eigenvalue weighted by molar-refractivity contribution is 0.291.